The van der Waals surface area contributed by atoms with Crippen molar-refractivity contribution in [3.63, 3.8) is 0 Å². The van der Waals surface area contributed by atoms with Crippen LogP contribution in [0.2, 0.25) is 0 Å². The number of nitrogens with zero attached hydrogens (tertiary/aromatic N) is 1. The molecule has 11 heteroatoms. The molecule has 0 fully saturated rings. The Bertz CT molecular complexity index is 787. The monoisotopic (exact) mass is 418 g/mol. The van der Waals surface area contributed by atoms with Crippen molar-refractivity contribution in [2.24, 2.45) is 5.73 Å². The molecule has 1 aromatic carbocycles. The maximum atomic E-state index is 12.6. The van der Waals surface area contributed by atoms with Gasteiger partial charge in [-0.15, -0.1) is 0 Å². The quantitative estimate of drug-likeness (QED) is 0.480. The molecule has 0 aliphatic rings. The zero-order chi connectivity index (χ0) is 21.8. The maximum absolute atomic E-state index is 12.6. The zero-order valence-corrected chi connectivity index (χ0v) is 17.2. The second kappa shape index (κ2) is 8.86. The molecule has 28 heavy (non-hydrogen) atoms. The number of hydrogen-bond acceptors (Lipinski definition) is 7. The van der Waals surface area contributed by atoms with Gasteiger partial charge in [-0.3, -0.25) is 14.2 Å². The van der Waals surface area contributed by atoms with E-state index >= 15 is 0 Å². The molecule has 1 rings (SSSR count). The van der Waals surface area contributed by atoms with E-state index in [-0.39, 0.29) is 6.61 Å². The standard InChI is InChI=1S/C17H26N2O8S/c1-16(2,3)26-15(21)19(25-11-12-9-7-6-8-10-12)13(14(18)20)17(4,5)27-28(22,23)24/h6-10,13H,11H2,1-5H3,(H2,18,20)(H,22,23,24)/t13-/m1/s1. The predicted molar refractivity (Wildman–Crippen MR) is 99.0 cm³/mol. The fourth-order valence-electron chi connectivity index (χ4n) is 2.32. The molecule has 0 aromatic heterocycles. The lowest BCUT2D eigenvalue weighted by molar-refractivity contribution is -0.206. The molecule has 0 spiro atoms. The van der Waals surface area contributed by atoms with Crippen LogP contribution in [-0.4, -0.2) is 47.3 Å². The number of amides is 2. The Morgan fingerprint density at radius 1 is 1.14 bits per heavy atom. The van der Waals surface area contributed by atoms with Gasteiger partial charge in [0.25, 0.3) is 0 Å². The molecule has 0 saturated carbocycles. The van der Waals surface area contributed by atoms with Crippen molar-refractivity contribution in [1.29, 1.82) is 0 Å². The number of primary amides is 1. The van der Waals surface area contributed by atoms with E-state index in [4.69, 9.17) is 19.9 Å². The highest BCUT2D eigenvalue weighted by molar-refractivity contribution is 7.80. The fourth-order valence-corrected chi connectivity index (χ4v) is 2.95. The minimum Gasteiger partial charge on any atom is -0.442 e. The van der Waals surface area contributed by atoms with Crippen LogP contribution in [0.4, 0.5) is 4.79 Å². The van der Waals surface area contributed by atoms with E-state index in [0.717, 1.165) is 13.8 Å². The van der Waals surface area contributed by atoms with Crippen molar-refractivity contribution >= 4 is 22.4 Å². The van der Waals surface area contributed by atoms with Crippen LogP contribution in [0.15, 0.2) is 30.3 Å². The number of hydrogen-bond donors (Lipinski definition) is 2. The molecule has 3 N–H and O–H groups in total. The topological polar surface area (TPSA) is 145 Å². The summed E-state index contributed by atoms with van der Waals surface area (Å²) in [6.45, 7) is 6.95. The average Bonchev–Trinajstić information content (AvgIpc) is 2.47. The van der Waals surface area contributed by atoms with Gasteiger partial charge in [0.05, 0.1) is 0 Å². The Balaban J connectivity index is 3.26. The molecule has 0 unspecified atom stereocenters. The van der Waals surface area contributed by atoms with Gasteiger partial charge in [-0.05, 0) is 40.2 Å². The molecule has 2 amide bonds. The highest BCUT2D eigenvalue weighted by atomic mass is 32.3. The Labute approximate surface area is 164 Å². The summed E-state index contributed by atoms with van der Waals surface area (Å²) in [5.41, 5.74) is 3.14. The van der Waals surface area contributed by atoms with Gasteiger partial charge < -0.3 is 10.5 Å². The summed E-state index contributed by atoms with van der Waals surface area (Å²) < 4.78 is 41.2. The summed E-state index contributed by atoms with van der Waals surface area (Å²) in [4.78, 5) is 30.2. The molecule has 0 heterocycles. The smallest absolute Gasteiger partial charge is 0.435 e. The van der Waals surface area contributed by atoms with E-state index in [1.807, 2.05) is 0 Å². The van der Waals surface area contributed by atoms with Gasteiger partial charge >= 0.3 is 16.5 Å². The van der Waals surface area contributed by atoms with Gasteiger partial charge in [0.2, 0.25) is 5.91 Å². The molecule has 0 bridgehead atoms. The first-order valence-corrected chi connectivity index (χ1v) is 9.65. The summed E-state index contributed by atoms with van der Waals surface area (Å²) in [7, 11) is -4.96. The lowest BCUT2D eigenvalue weighted by atomic mass is 9.98. The van der Waals surface area contributed by atoms with Gasteiger partial charge in [-0.1, -0.05) is 30.3 Å². The molecule has 0 radical (unpaired) electrons. The van der Waals surface area contributed by atoms with Crippen molar-refractivity contribution in [1.82, 2.24) is 5.06 Å². The van der Waals surface area contributed by atoms with Crippen LogP contribution in [0.5, 0.6) is 0 Å². The third kappa shape index (κ3) is 7.80. The fraction of sp³-hybridized carbons (Fsp3) is 0.529. The average molecular weight is 418 g/mol. The van der Waals surface area contributed by atoms with Crippen LogP contribution < -0.4 is 5.73 Å². The van der Waals surface area contributed by atoms with Crippen molar-refractivity contribution in [2.75, 3.05) is 0 Å². The van der Waals surface area contributed by atoms with Crippen molar-refractivity contribution in [2.45, 2.75) is 58.5 Å². The van der Waals surface area contributed by atoms with E-state index < -0.39 is 39.6 Å². The highest BCUT2D eigenvalue weighted by Crippen LogP contribution is 2.25. The number of carbonyl (C=O) groups excluding carboxylic acids is 2. The molecule has 0 aliphatic heterocycles. The molecule has 10 nitrogen and oxygen atoms in total. The third-order valence-electron chi connectivity index (χ3n) is 3.27. The van der Waals surface area contributed by atoms with E-state index in [9.17, 15) is 18.0 Å². The molecular formula is C17H26N2O8S. The maximum Gasteiger partial charge on any atom is 0.435 e. The van der Waals surface area contributed by atoms with Gasteiger partial charge in [0.1, 0.15) is 17.8 Å². The summed E-state index contributed by atoms with van der Waals surface area (Å²) in [5, 5.41) is 0.520. The first-order valence-electron chi connectivity index (χ1n) is 8.29. The van der Waals surface area contributed by atoms with Crippen molar-refractivity contribution in [3.8, 4) is 0 Å². The molecular weight excluding hydrogens is 392 g/mol. The van der Waals surface area contributed by atoms with Crippen LogP contribution in [0.1, 0.15) is 40.2 Å². The van der Waals surface area contributed by atoms with Crippen molar-refractivity contribution < 1.29 is 36.3 Å². The highest BCUT2D eigenvalue weighted by Gasteiger charge is 2.47. The van der Waals surface area contributed by atoms with Gasteiger partial charge in [0.15, 0.2) is 6.04 Å². The van der Waals surface area contributed by atoms with Crippen LogP contribution in [0, 0.1) is 0 Å². The second-order valence-electron chi connectivity index (χ2n) is 7.48. The first kappa shape index (κ1) is 23.8. The van der Waals surface area contributed by atoms with E-state index in [0.29, 0.717) is 10.6 Å². The number of ether oxygens (including phenoxy) is 1. The summed E-state index contributed by atoms with van der Waals surface area (Å²) >= 11 is 0. The van der Waals surface area contributed by atoms with E-state index in [2.05, 4.69) is 4.18 Å². The number of carbonyl (C=O) groups is 2. The normalized spacial score (nSPS) is 13.6. The van der Waals surface area contributed by atoms with E-state index in [1.165, 1.54) is 0 Å². The van der Waals surface area contributed by atoms with Crippen LogP contribution in [0.25, 0.3) is 0 Å². The molecule has 0 aliphatic carbocycles. The minimum absolute atomic E-state index is 0.147. The molecule has 158 valence electrons. The SMILES string of the molecule is CC(C)(C)OC(=O)N(OCc1ccccc1)[C@H](C(N)=O)C(C)(C)OS(=O)(=O)O. The van der Waals surface area contributed by atoms with Crippen molar-refractivity contribution in [3.05, 3.63) is 35.9 Å². The van der Waals surface area contributed by atoms with Gasteiger partial charge in [-0.25, -0.2) is 8.98 Å². The number of rotatable bonds is 8. The lowest BCUT2D eigenvalue weighted by Gasteiger charge is -2.37. The van der Waals surface area contributed by atoms with Gasteiger partial charge in [0, 0.05) is 0 Å². The van der Waals surface area contributed by atoms with Crippen LogP contribution in [0.3, 0.4) is 0 Å². The zero-order valence-electron chi connectivity index (χ0n) is 16.4. The largest absolute Gasteiger partial charge is 0.442 e. The summed E-state index contributed by atoms with van der Waals surface area (Å²) in [6.07, 6.45) is -1.08. The number of nitrogens with two attached hydrogens (primary N) is 1. The molecule has 1 aromatic rings. The third-order valence-corrected chi connectivity index (χ3v) is 3.91. The van der Waals surface area contributed by atoms with Crippen LogP contribution >= 0.6 is 0 Å². The lowest BCUT2D eigenvalue weighted by Crippen LogP contribution is -2.60. The number of benzene rings is 1. The van der Waals surface area contributed by atoms with E-state index in [1.54, 1.807) is 51.1 Å². The Morgan fingerprint density at radius 3 is 2.11 bits per heavy atom. The number of hydroxylamine groups is 2. The Morgan fingerprint density at radius 2 is 1.68 bits per heavy atom. The van der Waals surface area contributed by atoms with Gasteiger partial charge in [-0.2, -0.15) is 13.5 Å². The Kier molecular flexibility index (Phi) is 7.54. The predicted octanol–water partition coefficient (Wildman–Crippen LogP) is 1.81. The minimum atomic E-state index is -4.96. The second-order valence-corrected chi connectivity index (χ2v) is 8.51. The summed E-state index contributed by atoms with van der Waals surface area (Å²) in [5.74, 6) is -1.13. The molecule has 1 atom stereocenters. The molecule has 0 saturated heterocycles. The first-order chi connectivity index (χ1) is 12.6. The summed E-state index contributed by atoms with van der Waals surface area (Å²) in [6, 6.07) is 6.96. The van der Waals surface area contributed by atoms with Crippen LogP contribution in [-0.2, 0) is 35.6 Å². The Hall–Kier alpha value is -2.21.